The van der Waals surface area contributed by atoms with Gasteiger partial charge >= 0.3 is 0 Å². The number of hydrogen-bond acceptors (Lipinski definition) is 3. The number of sulfonamides is 1. The molecular formula is C14H14BrNO2S2. The SMILES string of the molecule is CC1Cc2ccccc2N(S(=O)(=O)c2sccc2Br)C1. The lowest BCUT2D eigenvalue weighted by Crippen LogP contribution is -2.38. The van der Waals surface area contributed by atoms with Gasteiger partial charge < -0.3 is 0 Å². The van der Waals surface area contributed by atoms with Crippen LogP contribution in [0.5, 0.6) is 0 Å². The minimum Gasteiger partial charge on any atom is -0.265 e. The lowest BCUT2D eigenvalue weighted by Gasteiger charge is -2.33. The van der Waals surface area contributed by atoms with Crippen molar-refractivity contribution in [1.82, 2.24) is 0 Å². The quantitative estimate of drug-likeness (QED) is 0.802. The number of anilines is 1. The van der Waals surface area contributed by atoms with E-state index in [4.69, 9.17) is 0 Å². The molecule has 1 atom stereocenters. The average Bonchev–Trinajstić information content (AvgIpc) is 2.84. The van der Waals surface area contributed by atoms with E-state index >= 15 is 0 Å². The largest absolute Gasteiger partial charge is 0.274 e. The zero-order valence-corrected chi connectivity index (χ0v) is 14.1. The highest BCUT2D eigenvalue weighted by molar-refractivity contribution is 9.10. The summed E-state index contributed by atoms with van der Waals surface area (Å²) in [6.07, 6.45) is 0.924. The predicted octanol–water partition coefficient (Wildman–Crippen LogP) is 3.90. The van der Waals surface area contributed by atoms with Crippen LogP contribution >= 0.6 is 27.3 Å². The second kappa shape index (κ2) is 5.16. The third-order valence-corrected chi connectivity index (χ3v) is 7.84. The Balaban J connectivity index is 2.13. The third kappa shape index (κ3) is 2.29. The van der Waals surface area contributed by atoms with Gasteiger partial charge in [0.05, 0.1) is 5.69 Å². The highest BCUT2D eigenvalue weighted by atomic mass is 79.9. The zero-order valence-electron chi connectivity index (χ0n) is 10.9. The summed E-state index contributed by atoms with van der Waals surface area (Å²) >= 11 is 4.58. The van der Waals surface area contributed by atoms with Gasteiger partial charge in [-0.15, -0.1) is 11.3 Å². The molecule has 106 valence electrons. The zero-order chi connectivity index (χ0) is 14.3. The molecule has 0 bridgehead atoms. The van der Waals surface area contributed by atoms with Crippen molar-refractivity contribution < 1.29 is 8.42 Å². The molecule has 1 aliphatic heterocycles. The molecule has 3 rings (SSSR count). The molecule has 0 aliphatic carbocycles. The van der Waals surface area contributed by atoms with Crippen LogP contribution in [0, 0.1) is 5.92 Å². The molecule has 0 saturated carbocycles. The number of halogens is 1. The van der Waals surface area contributed by atoms with Crippen molar-refractivity contribution in [3.05, 3.63) is 45.7 Å². The second-order valence-electron chi connectivity index (χ2n) is 5.03. The van der Waals surface area contributed by atoms with Crippen molar-refractivity contribution in [2.75, 3.05) is 10.8 Å². The molecule has 0 radical (unpaired) electrons. The Kier molecular flexibility index (Phi) is 3.64. The van der Waals surface area contributed by atoms with Crippen molar-refractivity contribution in [3.63, 3.8) is 0 Å². The van der Waals surface area contributed by atoms with Gasteiger partial charge in [0.15, 0.2) is 4.21 Å². The molecule has 1 aromatic carbocycles. The molecule has 0 amide bonds. The van der Waals surface area contributed by atoms with E-state index in [1.807, 2.05) is 24.3 Å². The van der Waals surface area contributed by atoms with Crippen LogP contribution in [0.25, 0.3) is 0 Å². The van der Waals surface area contributed by atoms with E-state index in [2.05, 4.69) is 22.9 Å². The van der Waals surface area contributed by atoms with Gasteiger partial charge in [-0.05, 0) is 51.3 Å². The Morgan fingerprint density at radius 1 is 1.30 bits per heavy atom. The molecule has 1 aliphatic rings. The minimum absolute atomic E-state index is 0.318. The summed E-state index contributed by atoms with van der Waals surface area (Å²) in [5.41, 5.74) is 1.91. The van der Waals surface area contributed by atoms with Gasteiger partial charge in [-0.3, -0.25) is 4.31 Å². The summed E-state index contributed by atoms with van der Waals surface area (Å²) in [5.74, 6) is 0.318. The molecule has 0 N–H and O–H groups in total. The molecule has 1 aromatic heterocycles. The third-order valence-electron chi connectivity index (χ3n) is 3.42. The first-order valence-corrected chi connectivity index (χ1v) is 9.45. The number of para-hydroxylation sites is 1. The summed E-state index contributed by atoms with van der Waals surface area (Å²) in [6.45, 7) is 2.62. The normalized spacial score (nSPS) is 18.9. The van der Waals surface area contributed by atoms with Crippen LogP contribution in [0.3, 0.4) is 0 Å². The van der Waals surface area contributed by atoms with Gasteiger partial charge in [0.2, 0.25) is 0 Å². The van der Waals surface area contributed by atoms with Crippen LogP contribution in [-0.4, -0.2) is 15.0 Å². The molecular weight excluding hydrogens is 358 g/mol. The lowest BCUT2D eigenvalue weighted by atomic mass is 9.96. The maximum atomic E-state index is 12.9. The molecule has 2 heterocycles. The van der Waals surface area contributed by atoms with Crippen LogP contribution in [0.15, 0.2) is 44.4 Å². The fraction of sp³-hybridized carbons (Fsp3) is 0.286. The Labute approximate surface area is 131 Å². The van der Waals surface area contributed by atoms with Crippen molar-refractivity contribution in [3.8, 4) is 0 Å². The molecule has 0 saturated heterocycles. The van der Waals surface area contributed by atoms with Gasteiger partial charge in [0.25, 0.3) is 10.0 Å². The number of rotatable bonds is 2. The molecule has 0 fully saturated rings. The number of thiophene rings is 1. The van der Waals surface area contributed by atoms with E-state index in [1.165, 1.54) is 11.3 Å². The van der Waals surface area contributed by atoms with Gasteiger partial charge in [-0.25, -0.2) is 8.42 Å². The molecule has 2 aromatic rings. The van der Waals surface area contributed by atoms with Gasteiger partial charge in [0, 0.05) is 11.0 Å². The number of hydrogen-bond donors (Lipinski definition) is 0. The monoisotopic (exact) mass is 371 g/mol. The van der Waals surface area contributed by atoms with E-state index in [0.29, 0.717) is 21.1 Å². The first kappa shape index (κ1) is 14.1. The average molecular weight is 372 g/mol. The Bertz CT molecular complexity index is 739. The highest BCUT2D eigenvalue weighted by Gasteiger charge is 2.33. The smallest absolute Gasteiger partial charge is 0.265 e. The van der Waals surface area contributed by atoms with E-state index in [-0.39, 0.29) is 0 Å². The summed E-state index contributed by atoms with van der Waals surface area (Å²) < 4.78 is 28.3. The number of fused-ring (bicyclic) bond motifs is 1. The number of nitrogens with zero attached hydrogens (tertiary/aromatic N) is 1. The summed E-state index contributed by atoms with van der Waals surface area (Å²) in [4.78, 5) is 0. The summed E-state index contributed by atoms with van der Waals surface area (Å²) in [6, 6.07) is 9.53. The van der Waals surface area contributed by atoms with Crippen LogP contribution in [0.2, 0.25) is 0 Å². The molecule has 6 heteroatoms. The van der Waals surface area contributed by atoms with Gasteiger partial charge in [0.1, 0.15) is 0 Å². The van der Waals surface area contributed by atoms with Crippen molar-refractivity contribution in [2.24, 2.45) is 5.92 Å². The number of benzene rings is 1. The first-order valence-electron chi connectivity index (χ1n) is 6.34. The topological polar surface area (TPSA) is 37.4 Å². The van der Waals surface area contributed by atoms with E-state index in [9.17, 15) is 8.42 Å². The summed E-state index contributed by atoms with van der Waals surface area (Å²) in [7, 11) is -3.49. The predicted molar refractivity (Wildman–Crippen MR) is 85.9 cm³/mol. The Morgan fingerprint density at radius 2 is 2.05 bits per heavy atom. The Hall–Kier alpha value is -0.850. The highest BCUT2D eigenvalue weighted by Crippen LogP contribution is 2.37. The van der Waals surface area contributed by atoms with E-state index in [0.717, 1.165) is 17.7 Å². The Morgan fingerprint density at radius 3 is 2.75 bits per heavy atom. The van der Waals surface area contributed by atoms with Crippen molar-refractivity contribution in [2.45, 2.75) is 17.6 Å². The van der Waals surface area contributed by atoms with Crippen LogP contribution in [0.1, 0.15) is 12.5 Å². The van der Waals surface area contributed by atoms with Crippen LogP contribution in [0.4, 0.5) is 5.69 Å². The van der Waals surface area contributed by atoms with E-state index in [1.54, 1.807) is 15.8 Å². The maximum absolute atomic E-state index is 12.9. The second-order valence-corrected chi connectivity index (χ2v) is 8.86. The van der Waals surface area contributed by atoms with Crippen molar-refractivity contribution in [1.29, 1.82) is 0 Å². The molecule has 0 spiro atoms. The van der Waals surface area contributed by atoms with Crippen molar-refractivity contribution >= 4 is 43.0 Å². The summed E-state index contributed by atoms with van der Waals surface area (Å²) in [5, 5.41) is 1.79. The maximum Gasteiger partial charge on any atom is 0.274 e. The molecule has 1 unspecified atom stereocenters. The first-order chi connectivity index (χ1) is 9.50. The van der Waals surface area contributed by atoms with Gasteiger partial charge in [-0.1, -0.05) is 25.1 Å². The lowest BCUT2D eigenvalue weighted by molar-refractivity contribution is 0.545. The van der Waals surface area contributed by atoms with Crippen LogP contribution in [-0.2, 0) is 16.4 Å². The molecule has 20 heavy (non-hydrogen) atoms. The van der Waals surface area contributed by atoms with Gasteiger partial charge in [-0.2, -0.15) is 0 Å². The molecule has 3 nitrogen and oxygen atoms in total. The fourth-order valence-electron chi connectivity index (χ4n) is 2.54. The van der Waals surface area contributed by atoms with E-state index < -0.39 is 10.0 Å². The standard InChI is InChI=1S/C14H14BrNO2S2/c1-10-8-11-4-2-3-5-13(11)16(9-10)20(17,18)14-12(15)6-7-19-14/h2-7,10H,8-9H2,1H3. The van der Waals surface area contributed by atoms with Crippen LogP contribution < -0.4 is 4.31 Å². The minimum atomic E-state index is -3.49. The fourth-order valence-corrected chi connectivity index (χ4v) is 6.57.